The lowest BCUT2D eigenvalue weighted by atomic mass is 10.1. The minimum absolute atomic E-state index is 0.186. The summed E-state index contributed by atoms with van der Waals surface area (Å²) in [5.41, 5.74) is 3.85. The number of rotatable bonds is 4. The maximum absolute atomic E-state index is 12.3. The van der Waals surface area contributed by atoms with E-state index in [-0.39, 0.29) is 11.6 Å². The Morgan fingerprint density at radius 2 is 1.93 bits per heavy atom. The SMILES string of the molecule is COc1cc(/C=C2\N=C(c3ccc(C)c(C)c3)OC2=O)cc(I)c1OC(C)=O. The smallest absolute Gasteiger partial charge is 0.363 e. The van der Waals surface area contributed by atoms with Crippen molar-refractivity contribution in [1.82, 2.24) is 0 Å². The second kappa shape index (κ2) is 8.14. The molecule has 0 atom stereocenters. The number of carbonyl (C=O) groups is 2. The predicted molar refractivity (Wildman–Crippen MR) is 114 cm³/mol. The highest BCUT2D eigenvalue weighted by Crippen LogP contribution is 2.35. The van der Waals surface area contributed by atoms with E-state index in [1.54, 1.807) is 18.2 Å². The third kappa shape index (κ3) is 4.24. The zero-order valence-electron chi connectivity index (χ0n) is 15.8. The van der Waals surface area contributed by atoms with Gasteiger partial charge in [0.2, 0.25) is 5.90 Å². The molecule has 144 valence electrons. The van der Waals surface area contributed by atoms with Crippen LogP contribution in [0.1, 0.15) is 29.2 Å². The van der Waals surface area contributed by atoms with Crippen LogP contribution in [-0.4, -0.2) is 24.9 Å². The molecule has 6 nitrogen and oxygen atoms in total. The number of ether oxygens (including phenoxy) is 3. The van der Waals surface area contributed by atoms with Crippen molar-refractivity contribution < 1.29 is 23.8 Å². The van der Waals surface area contributed by atoms with Crippen LogP contribution in [0.4, 0.5) is 0 Å². The van der Waals surface area contributed by atoms with Crippen LogP contribution in [0.2, 0.25) is 0 Å². The van der Waals surface area contributed by atoms with Crippen LogP contribution in [-0.2, 0) is 14.3 Å². The number of methoxy groups -OCH3 is 1. The van der Waals surface area contributed by atoms with E-state index in [9.17, 15) is 9.59 Å². The highest BCUT2D eigenvalue weighted by molar-refractivity contribution is 14.1. The van der Waals surface area contributed by atoms with Gasteiger partial charge < -0.3 is 14.2 Å². The molecule has 7 heteroatoms. The van der Waals surface area contributed by atoms with E-state index in [2.05, 4.69) is 4.99 Å². The van der Waals surface area contributed by atoms with Crippen molar-refractivity contribution in [1.29, 1.82) is 0 Å². The lowest BCUT2D eigenvalue weighted by Gasteiger charge is -2.11. The molecule has 0 amide bonds. The van der Waals surface area contributed by atoms with Crippen LogP contribution in [0, 0.1) is 17.4 Å². The highest BCUT2D eigenvalue weighted by Gasteiger charge is 2.25. The fourth-order valence-electron chi connectivity index (χ4n) is 2.63. The van der Waals surface area contributed by atoms with E-state index in [0.717, 1.165) is 16.7 Å². The number of cyclic esters (lactones) is 1. The van der Waals surface area contributed by atoms with Crippen LogP contribution in [0.5, 0.6) is 11.5 Å². The first kappa shape index (κ1) is 20.1. The van der Waals surface area contributed by atoms with Gasteiger partial charge in [-0.2, -0.15) is 0 Å². The van der Waals surface area contributed by atoms with Crippen LogP contribution >= 0.6 is 22.6 Å². The molecule has 0 spiro atoms. The third-order valence-corrected chi connectivity index (χ3v) is 4.98. The minimum atomic E-state index is -0.522. The summed E-state index contributed by atoms with van der Waals surface area (Å²) in [5.74, 6) is 0.0397. The number of aliphatic imine (C=N–C) groups is 1. The normalized spacial score (nSPS) is 14.7. The fraction of sp³-hybridized carbons (Fsp3) is 0.190. The molecule has 1 aliphatic rings. The van der Waals surface area contributed by atoms with Crippen molar-refractivity contribution in [2.45, 2.75) is 20.8 Å². The summed E-state index contributed by atoms with van der Waals surface area (Å²) in [4.78, 5) is 27.9. The van der Waals surface area contributed by atoms with Crippen LogP contribution < -0.4 is 9.47 Å². The summed E-state index contributed by atoms with van der Waals surface area (Å²) in [6, 6.07) is 9.21. The van der Waals surface area contributed by atoms with E-state index in [0.29, 0.717) is 20.6 Å². The second-order valence-corrected chi connectivity index (χ2v) is 7.43. The Kier molecular flexibility index (Phi) is 5.83. The molecule has 2 aromatic rings. The molecule has 1 aliphatic heterocycles. The maximum Gasteiger partial charge on any atom is 0.363 e. The standard InChI is InChI=1S/C21H18INO5/c1-11-5-6-15(7-12(11)2)20-23-17(21(25)28-20)9-14-8-16(22)19(27-13(3)24)18(10-14)26-4/h5-10H,1-4H3/b17-9-. The molecule has 0 saturated heterocycles. The first-order chi connectivity index (χ1) is 13.3. The summed E-state index contributed by atoms with van der Waals surface area (Å²) >= 11 is 2.04. The fourth-order valence-corrected chi connectivity index (χ4v) is 3.37. The molecule has 0 bridgehead atoms. The summed E-state index contributed by atoms with van der Waals surface area (Å²) in [6.45, 7) is 5.33. The molecule has 0 aliphatic carbocycles. The van der Waals surface area contributed by atoms with E-state index < -0.39 is 11.9 Å². The van der Waals surface area contributed by atoms with Gasteiger partial charge in [0, 0.05) is 12.5 Å². The summed E-state index contributed by atoms with van der Waals surface area (Å²) in [7, 11) is 1.48. The summed E-state index contributed by atoms with van der Waals surface area (Å²) < 4.78 is 16.5. The zero-order chi connectivity index (χ0) is 20.4. The van der Waals surface area contributed by atoms with E-state index in [1.165, 1.54) is 14.0 Å². The van der Waals surface area contributed by atoms with Gasteiger partial charge in [0.25, 0.3) is 0 Å². The molecule has 0 saturated carbocycles. The number of hydrogen-bond donors (Lipinski definition) is 0. The summed E-state index contributed by atoms with van der Waals surface area (Å²) in [6.07, 6.45) is 1.61. The Morgan fingerprint density at radius 1 is 1.18 bits per heavy atom. The molecule has 0 unspecified atom stereocenters. The van der Waals surface area contributed by atoms with Crippen molar-refractivity contribution in [2.24, 2.45) is 4.99 Å². The molecule has 28 heavy (non-hydrogen) atoms. The largest absolute Gasteiger partial charge is 0.493 e. The van der Waals surface area contributed by atoms with E-state index >= 15 is 0 Å². The first-order valence-corrected chi connectivity index (χ1v) is 9.52. The molecular weight excluding hydrogens is 473 g/mol. The van der Waals surface area contributed by atoms with Gasteiger partial charge in [0.1, 0.15) is 0 Å². The number of benzene rings is 2. The van der Waals surface area contributed by atoms with Crippen molar-refractivity contribution in [2.75, 3.05) is 7.11 Å². The average molecular weight is 491 g/mol. The van der Waals surface area contributed by atoms with Gasteiger partial charge in [-0.05, 0) is 83.5 Å². The second-order valence-electron chi connectivity index (χ2n) is 6.26. The van der Waals surface area contributed by atoms with Gasteiger partial charge in [-0.25, -0.2) is 9.79 Å². The average Bonchev–Trinajstić information content (AvgIpc) is 2.99. The predicted octanol–water partition coefficient (Wildman–Crippen LogP) is 4.19. The Balaban J connectivity index is 1.97. The van der Waals surface area contributed by atoms with Crippen LogP contribution in [0.15, 0.2) is 41.0 Å². The molecule has 0 N–H and O–H groups in total. The Labute approximate surface area is 176 Å². The van der Waals surface area contributed by atoms with Gasteiger partial charge in [-0.3, -0.25) is 4.79 Å². The Morgan fingerprint density at radius 3 is 2.57 bits per heavy atom. The Bertz CT molecular complexity index is 1040. The van der Waals surface area contributed by atoms with E-state index in [1.807, 2.05) is 54.6 Å². The van der Waals surface area contributed by atoms with Gasteiger partial charge in [-0.15, -0.1) is 0 Å². The molecule has 2 aromatic carbocycles. The van der Waals surface area contributed by atoms with Crippen molar-refractivity contribution in [3.63, 3.8) is 0 Å². The van der Waals surface area contributed by atoms with Gasteiger partial charge in [0.15, 0.2) is 17.2 Å². The number of hydrogen-bond acceptors (Lipinski definition) is 6. The Hall–Kier alpha value is -2.68. The van der Waals surface area contributed by atoms with Crippen molar-refractivity contribution in [3.05, 3.63) is 61.9 Å². The zero-order valence-corrected chi connectivity index (χ0v) is 18.0. The number of carbonyl (C=O) groups excluding carboxylic acids is 2. The topological polar surface area (TPSA) is 74.2 Å². The van der Waals surface area contributed by atoms with Crippen molar-refractivity contribution >= 4 is 46.5 Å². The lowest BCUT2D eigenvalue weighted by molar-refractivity contribution is -0.132. The van der Waals surface area contributed by atoms with Gasteiger partial charge in [-0.1, -0.05) is 6.07 Å². The van der Waals surface area contributed by atoms with Crippen LogP contribution in [0.25, 0.3) is 6.08 Å². The van der Waals surface area contributed by atoms with Gasteiger partial charge >= 0.3 is 11.9 Å². The molecule has 1 heterocycles. The lowest BCUT2D eigenvalue weighted by Crippen LogP contribution is -2.06. The molecule has 0 aromatic heterocycles. The first-order valence-electron chi connectivity index (χ1n) is 8.44. The van der Waals surface area contributed by atoms with Crippen molar-refractivity contribution in [3.8, 4) is 11.5 Å². The number of halogens is 1. The quantitative estimate of drug-likeness (QED) is 0.278. The number of esters is 2. The summed E-state index contributed by atoms with van der Waals surface area (Å²) in [5, 5.41) is 0. The third-order valence-electron chi connectivity index (χ3n) is 4.18. The molecule has 0 radical (unpaired) electrons. The molecule has 0 fully saturated rings. The number of nitrogens with zero attached hydrogens (tertiary/aromatic N) is 1. The minimum Gasteiger partial charge on any atom is -0.493 e. The highest BCUT2D eigenvalue weighted by atomic mass is 127. The molecule has 3 rings (SSSR count). The number of aryl methyl sites for hydroxylation is 2. The molecular formula is C21H18INO5. The van der Waals surface area contributed by atoms with E-state index in [4.69, 9.17) is 14.2 Å². The monoisotopic (exact) mass is 491 g/mol. The van der Waals surface area contributed by atoms with Gasteiger partial charge in [0.05, 0.1) is 10.7 Å². The maximum atomic E-state index is 12.3. The van der Waals surface area contributed by atoms with Crippen LogP contribution in [0.3, 0.4) is 0 Å².